The van der Waals surface area contributed by atoms with Crippen molar-refractivity contribution in [2.75, 3.05) is 12.4 Å². The van der Waals surface area contributed by atoms with Crippen molar-refractivity contribution in [3.63, 3.8) is 0 Å². The summed E-state index contributed by atoms with van der Waals surface area (Å²) in [5.74, 6) is 1.67. The molecule has 0 saturated heterocycles. The Morgan fingerprint density at radius 1 is 1.17 bits per heavy atom. The van der Waals surface area contributed by atoms with Gasteiger partial charge in [0.25, 0.3) is 0 Å². The molecule has 0 amide bonds. The maximum absolute atomic E-state index is 6.52. The quantitative estimate of drug-likeness (QED) is 0.641. The molecule has 23 heavy (non-hydrogen) atoms. The van der Waals surface area contributed by atoms with Crippen LogP contribution in [-0.2, 0) is 0 Å². The van der Waals surface area contributed by atoms with Crippen LogP contribution in [0.15, 0.2) is 53.0 Å². The van der Waals surface area contributed by atoms with Gasteiger partial charge >= 0.3 is 0 Å². The highest BCUT2D eigenvalue weighted by molar-refractivity contribution is 9.10. The van der Waals surface area contributed by atoms with Crippen LogP contribution in [0.25, 0.3) is 0 Å². The molecule has 1 aliphatic heterocycles. The SMILES string of the molecule is COc1ccc(Cl)c2c1N[C@H](c1ccc(Br)cc1)[C@H]1CC=C[C@H]21. The third-order valence-corrected chi connectivity index (χ3v) is 5.74. The molecule has 1 heterocycles. The number of halogens is 2. The van der Waals surface area contributed by atoms with Crippen molar-refractivity contribution in [1.82, 2.24) is 0 Å². The Kier molecular flexibility index (Phi) is 3.86. The molecule has 0 spiro atoms. The molecule has 0 aromatic heterocycles. The summed E-state index contributed by atoms with van der Waals surface area (Å²) in [4.78, 5) is 0. The molecular formula is C19H17BrClNO. The maximum Gasteiger partial charge on any atom is 0.142 e. The molecule has 2 aromatic carbocycles. The molecule has 0 bridgehead atoms. The van der Waals surface area contributed by atoms with Crippen molar-refractivity contribution >= 4 is 33.2 Å². The topological polar surface area (TPSA) is 21.3 Å². The predicted molar refractivity (Wildman–Crippen MR) is 98.5 cm³/mol. The largest absolute Gasteiger partial charge is 0.495 e. The summed E-state index contributed by atoms with van der Waals surface area (Å²) in [6.45, 7) is 0. The monoisotopic (exact) mass is 389 g/mol. The first-order chi connectivity index (χ1) is 11.2. The van der Waals surface area contributed by atoms with Gasteiger partial charge in [-0.2, -0.15) is 0 Å². The zero-order valence-corrected chi connectivity index (χ0v) is 15.1. The summed E-state index contributed by atoms with van der Waals surface area (Å²) in [5.41, 5.74) is 3.48. The van der Waals surface area contributed by atoms with E-state index in [1.165, 1.54) is 5.56 Å². The van der Waals surface area contributed by atoms with Gasteiger partial charge < -0.3 is 10.1 Å². The van der Waals surface area contributed by atoms with Gasteiger partial charge in [0.1, 0.15) is 5.75 Å². The molecule has 4 heteroatoms. The zero-order chi connectivity index (χ0) is 16.0. The van der Waals surface area contributed by atoms with Crippen LogP contribution in [0.5, 0.6) is 5.75 Å². The highest BCUT2D eigenvalue weighted by Crippen LogP contribution is 2.54. The summed E-state index contributed by atoms with van der Waals surface area (Å²) in [6.07, 6.45) is 5.63. The minimum Gasteiger partial charge on any atom is -0.495 e. The second-order valence-corrected chi connectivity index (χ2v) is 7.39. The lowest BCUT2D eigenvalue weighted by Crippen LogP contribution is -2.29. The summed E-state index contributed by atoms with van der Waals surface area (Å²) >= 11 is 10.0. The van der Waals surface area contributed by atoms with Crippen molar-refractivity contribution in [1.29, 1.82) is 0 Å². The zero-order valence-electron chi connectivity index (χ0n) is 12.7. The second-order valence-electron chi connectivity index (χ2n) is 6.07. The van der Waals surface area contributed by atoms with Gasteiger partial charge in [0.15, 0.2) is 0 Å². The second kappa shape index (κ2) is 5.88. The van der Waals surface area contributed by atoms with E-state index in [0.717, 1.165) is 32.9 Å². The molecule has 0 saturated carbocycles. The van der Waals surface area contributed by atoms with Crippen molar-refractivity contribution in [2.24, 2.45) is 5.92 Å². The van der Waals surface area contributed by atoms with Crippen LogP contribution >= 0.6 is 27.5 Å². The van der Waals surface area contributed by atoms with E-state index < -0.39 is 0 Å². The fraction of sp³-hybridized carbons (Fsp3) is 0.263. The van der Waals surface area contributed by atoms with Gasteiger partial charge in [-0.1, -0.05) is 51.8 Å². The third kappa shape index (κ3) is 2.47. The Labute approximate surface area is 149 Å². The number of nitrogens with one attached hydrogen (secondary N) is 1. The fourth-order valence-corrected chi connectivity index (χ4v) is 4.36. The molecular weight excluding hydrogens is 374 g/mol. The van der Waals surface area contributed by atoms with Crippen LogP contribution in [0.4, 0.5) is 5.69 Å². The van der Waals surface area contributed by atoms with Crippen LogP contribution in [0.1, 0.15) is 29.5 Å². The van der Waals surface area contributed by atoms with Gasteiger partial charge in [-0.25, -0.2) is 0 Å². The van der Waals surface area contributed by atoms with Gasteiger partial charge in [0, 0.05) is 21.0 Å². The average molecular weight is 391 g/mol. The first kappa shape index (κ1) is 15.1. The number of fused-ring (bicyclic) bond motifs is 3. The van der Waals surface area contributed by atoms with E-state index in [0.29, 0.717) is 11.8 Å². The highest BCUT2D eigenvalue weighted by atomic mass is 79.9. The lowest BCUT2D eigenvalue weighted by Gasteiger charge is -2.38. The van der Waals surface area contributed by atoms with Crippen molar-refractivity contribution in [3.05, 3.63) is 69.2 Å². The number of benzene rings is 2. The lowest BCUT2D eigenvalue weighted by atomic mass is 9.77. The molecule has 118 valence electrons. The van der Waals surface area contributed by atoms with Gasteiger partial charge in [-0.3, -0.25) is 0 Å². The maximum atomic E-state index is 6.52. The molecule has 0 fully saturated rings. The van der Waals surface area contributed by atoms with E-state index in [1.807, 2.05) is 12.1 Å². The number of allylic oxidation sites excluding steroid dienone is 2. The summed E-state index contributed by atoms with van der Waals surface area (Å²) in [7, 11) is 1.70. The summed E-state index contributed by atoms with van der Waals surface area (Å²) < 4.78 is 6.66. The third-order valence-electron chi connectivity index (χ3n) is 4.88. The molecule has 0 radical (unpaired) electrons. The first-order valence-electron chi connectivity index (χ1n) is 7.74. The van der Waals surface area contributed by atoms with Crippen molar-refractivity contribution < 1.29 is 4.74 Å². The number of hydrogen-bond acceptors (Lipinski definition) is 2. The number of anilines is 1. The smallest absolute Gasteiger partial charge is 0.142 e. The molecule has 2 aromatic rings. The first-order valence-corrected chi connectivity index (χ1v) is 8.91. The Hall–Kier alpha value is -1.45. The average Bonchev–Trinajstić information content (AvgIpc) is 3.04. The molecule has 4 rings (SSSR count). The molecule has 1 aliphatic carbocycles. The number of hydrogen-bond donors (Lipinski definition) is 1. The molecule has 0 unspecified atom stereocenters. The standard InChI is InChI=1S/C19H17BrClNO/c1-23-16-10-9-15(21)17-13-3-2-4-14(13)18(22-19(16)17)11-5-7-12(20)8-6-11/h2-3,5-10,13-14,18,22H,4H2,1H3/t13-,14-,18+/m0/s1. The molecule has 3 atom stereocenters. The summed E-state index contributed by atoms with van der Waals surface area (Å²) in [6, 6.07) is 12.7. The van der Waals surface area contributed by atoms with Gasteiger partial charge in [-0.05, 0) is 42.2 Å². The minimum atomic E-state index is 0.253. The Bertz CT molecular complexity index is 772. The molecule has 1 N–H and O–H groups in total. The van der Waals surface area contributed by atoms with Crippen molar-refractivity contribution in [2.45, 2.75) is 18.4 Å². The van der Waals surface area contributed by atoms with Crippen LogP contribution in [0, 0.1) is 5.92 Å². The van der Waals surface area contributed by atoms with E-state index in [1.54, 1.807) is 7.11 Å². The van der Waals surface area contributed by atoms with Gasteiger partial charge in [-0.15, -0.1) is 0 Å². The Morgan fingerprint density at radius 2 is 1.96 bits per heavy atom. The van der Waals surface area contributed by atoms with Crippen LogP contribution in [0.2, 0.25) is 5.02 Å². The number of ether oxygens (including phenoxy) is 1. The summed E-state index contributed by atoms with van der Waals surface area (Å²) in [5, 5.41) is 4.51. The van der Waals surface area contributed by atoms with Crippen LogP contribution in [0.3, 0.4) is 0 Å². The van der Waals surface area contributed by atoms with E-state index in [4.69, 9.17) is 16.3 Å². The van der Waals surface area contributed by atoms with Crippen LogP contribution < -0.4 is 10.1 Å². The van der Waals surface area contributed by atoms with E-state index >= 15 is 0 Å². The predicted octanol–water partition coefficient (Wildman–Crippen LogP) is 5.94. The highest BCUT2D eigenvalue weighted by Gasteiger charge is 2.40. The van der Waals surface area contributed by atoms with E-state index in [-0.39, 0.29) is 6.04 Å². The van der Waals surface area contributed by atoms with Gasteiger partial charge in [0.2, 0.25) is 0 Å². The Morgan fingerprint density at radius 3 is 2.70 bits per heavy atom. The fourth-order valence-electron chi connectivity index (χ4n) is 3.81. The van der Waals surface area contributed by atoms with E-state index in [2.05, 4.69) is 57.7 Å². The van der Waals surface area contributed by atoms with E-state index in [9.17, 15) is 0 Å². The Balaban J connectivity index is 1.84. The van der Waals surface area contributed by atoms with Gasteiger partial charge in [0.05, 0.1) is 18.8 Å². The molecule has 2 aliphatic rings. The number of rotatable bonds is 2. The number of methoxy groups -OCH3 is 1. The lowest BCUT2D eigenvalue weighted by molar-refractivity contribution is 0.397. The van der Waals surface area contributed by atoms with Crippen LogP contribution in [-0.4, -0.2) is 7.11 Å². The minimum absolute atomic E-state index is 0.253. The normalized spacial score (nSPS) is 24.7. The molecule has 2 nitrogen and oxygen atoms in total. The van der Waals surface area contributed by atoms with Crippen molar-refractivity contribution in [3.8, 4) is 5.75 Å².